The highest BCUT2D eigenvalue weighted by Crippen LogP contribution is 2.45. The molecule has 1 amide bonds. The fraction of sp³-hybridized carbons (Fsp3) is 0.417. The fourth-order valence-electron chi connectivity index (χ4n) is 3.81. The number of para-hydroxylation sites is 1. The van der Waals surface area contributed by atoms with E-state index in [2.05, 4.69) is 10.2 Å². The maximum Gasteiger partial charge on any atom is 0.330 e. The maximum atomic E-state index is 13.7. The number of aromatic nitrogens is 3. The number of methoxy groups -OCH3 is 1. The quantitative estimate of drug-likeness (QED) is 0.440. The van der Waals surface area contributed by atoms with Crippen molar-refractivity contribution in [2.45, 2.75) is 52.7 Å². The Morgan fingerprint density at radius 1 is 1.16 bits per heavy atom. The third-order valence-corrected chi connectivity index (χ3v) is 9.05. The van der Waals surface area contributed by atoms with Crippen LogP contribution in [0.15, 0.2) is 36.7 Å². The molecule has 206 valence electrons. The van der Waals surface area contributed by atoms with E-state index < -0.39 is 27.6 Å². The molecule has 0 saturated carbocycles. The average molecular weight is 566 g/mol. The first-order valence-corrected chi connectivity index (χ1v) is 13.9. The largest absolute Gasteiger partial charge is 0.496 e. The Morgan fingerprint density at radius 2 is 1.74 bits per heavy atom. The molecule has 2 N–H and O–H groups in total. The molecule has 1 aromatic carbocycles. The molecule has 38 heavy (non-hydrogen) atoms. The highest BCUT2D eigenvalue weighted by Gasteiger charge is 2.53. The summed E-state index contributed by atoms with van der Waals surface area (Å²) in [6, 6.07) is 7.21. The van der Waals surface area contributed by atoms with Crippen molar-refractivity contribution in [2.24, 2.45) is 0 Å². The van der Waals surface area contributed by atoms with Gasteiger partial charge in [0.1, 0.15) is 15.8 Å². The van der Waals surface area contributed by atoms with Crippen molar-refractivity contribution in [1.29, 1.82) is 0 Å². The van der Waals surface area contributed by atoms with Gasteiger partial charge in [-0.3, -0.25) is 4.79 Å². The van der Waals surface area contributed by atoms with Gasteiger partial charge in [0.2, 0.25) is 0 Å². The number of aliphatic hydroxyl groups excluding tert-OH is 1. The van der Waals surface area contributed by atoms with Gasteiger partial charge in [-0.05, 0) is 52.7 Å². The number of carboxylic acids is 1. The monoisotopic (exact) mass is 565 g/mol. The standard InChI is InChI=1S/C21H23N5O6S2.C3H8O/c1-13-16-17(27)25(21(2,3)20(28)29)34(30,31)24(12-9-14-7-5-6-8-15(14)32-4)19(16)33-18(13)26-22-10-11-23-26;1-3(2)4/h5-8,10-11H,9,12H2,1-4H3,(H,28,29);3-4H,1-2H3. The van der Waals surface area contributed by atoms with Crippen molar-refractivity contribution < 1.29 is 33.0 Å². The number of amides is 1. The second-order valence-electron chi connectivity index (χ2n) is 9.20. The number of carboxylic acid groups (broad SMARTS) is 1. The number of anilines is 1. The highest BCUT2D eigenvalue weighted by molar-refractivity contribution is 7.91. The van der Waals surface area contributed by atoms with Gasteiger partial charge in [-0.15, -0.1) is 4.80 Å². The van der Waals surface area contributed by atoms with Crippen molar-refractivity contribution >= 4 is 38.4 Å². The van der Waals surface area contributed by atoms with E-state index in [9.17, 15) is 23.1 Å². The molecule has 1 aliphatic heterocycles. The Kier molecular flexibility index (Phi) is 8.48. The van der Waals surface area contributed by atoms with Crippen LogP contribution in [-0.2, 0) is 21.4 Å². The van der Waals surface area contributed by atoms with E-state index in [1.165, 1.54) is 38.1 Å². The van der Waals surface area contributed by atoms with Gasteiger partial charge in [0, 0.05) is 18.2 Å². The zero-order chi connectivity index (χ0) is 28.4. The summed E-state index contributed by atoms with van der Waals surface area (Å²) >= 11 is 1.06. The van der Waals surface area contributed by atoms with Crippen LogP contribution < -0.4 is 9.04 Å². The number of aliphatic carboxylic acids is 1. The van der Waals surface area contributed by atoms with Crippen LogP contribution in [0.5, 0.6) is 5.75 Å². The lowest BCUT2D eigenvalue weighted by Gasteiger charge is -2.41. The van der Waals surface area contributed by atoms with Crippen molar-refractivity contribution in [1.82, 2.24) is 19.3 Å². The van der Waals surface area contributed by atoms with Crippen LogP contribution >= 0.6 is 11.3 Å². The lowest BCUT2D eigenvalue weighted by Crippen LogP contribution is -2.62. The summed E-state index contributed by atoms with van der Waals surface area (Å²) in [7, 11) is -3.01. The molecule has 0 unspecified atom stereocenters. The minimum Gasteiger partial charge on any atom is -0.496 e. The maximum absolute atomic E-state index is 13.7. The molecule has 3 aromatic rings. The normalized spacial score (nSPS) is 14.7. The van der Waals surface area contributed by atoms with Gasteiger partial charge in [-0.25, -0.2) is 13.4 Å². The Labute approximate surface area is 225 Å². The molecule has 0 bridgehead atoms. The molecule has 1 aliphatic rings. The van der Waals surface area contributed by atoms with Gasteiger partial charge in [-0.2, -0.15) is 18.6 Å². The van der Waals surface area contributed by atoms with E-state index >= 15 is 0 Å². The molecule has 14 heteroatoms. The second kappa shape index (κ2) is 11.1. The summed E-state index contributed by atoms with van der Waals surface area (Å²) in [6.45, 7) is 7.44. The van der Waals surface area contributed by atoms with Crippen LogP contribution in [0.2, 0.25) is 0 Å². The number of carbonyl (C=O) groups excluding carboxylic acids is 1. The Balaban J connectivity index is 0.000000934. The Morgan fingerprint density at radius 3 is 2.29 bits per heavy atom. The third-order valence-electron chi connectivity index (χ3n) is 5.65. The number of ether oxygens (including phenoxy) is 1. The molecule has 0 radical (unpaired) electrons. The molecule has 0 saturated heterocycles. The van der Waals surface area contributed by atoms with E-state index in [-0.39, 0.29) is 29.6 Å². The first kappa shape index (κ1) is 29.1. The van der Waals surface area contributed by atoms with Crippen molar-refractivity contribution in [3.05, 3.63) is 53.3 Å². The average Bonchev–Trinajstić information content (AvgIpc) is 3.46. The summed E-state index contributed by atoms with van der Waals surface area (Å²) in [6.07, 6.45) is 3.04. The first-order chi connectivity index (χ1) is 17.7. The lowest BCUT2D eigenvalue weighted by molar-refractivity contribution is -0.145. The lowest BCUT2D eigenvalue weighted by atomic mass is 10.0. The van der Waals surface area contributed by atoms with E-state index in [4.69, 9.17) is 9.84 Å². The number of fused-ring (bicyclic) bond motifs is 1. The zero-order valence-corrected chi connectivity index (χ0v) is 23.6. The van der Waals surface area contributed by atoms with E-state index in [0.717, 1.165) is 21.2 Å². The SMILES string of the molecule is CC(C)O.COc1ccccc1CCN1c2sc(-n3nccn3)c(C)c2C(=O)N(C(C)(C)C(=O)O)S1(=O)=O. The van der Waals surface area contributed by atoms with Crippen LogP contribution in [0.4, 0.5) is 5.00 Å². The summed E-state index contributed by atoms with van der Waals surface area (Å²) in [4.78, 5) is 26.8. The summed E-state index contributed by atoms with van der Waals surface area (Å²) < 4.78 is 34.4. The Hall–Kier alpha value is -3.49. The van der Waals surface area contributed by atoms with E-state index in [1.54, 1.807) is 32.9 Å². The number of aliphatic hydroxyl groups is 1. The number of rotatable bonds is 7. The molecular formula is C24H31N5O7S2. The minimum absolute atomic E-state index is 0.0406. The molecule has 0 spiro atoms. The number of carbonyl (C=O) groups is 2. The van der Waals surface area contributed by atoms with Crippen molar-refractivity contribution in [2.75, 3.05) is 18.0 Å². The number of thiophene rings is 1. The molecule has 0 fully saturated rings. The number of benzene rings is 1. The van der Waals surface area contributed by atoms with Crippen LogP contribution in [-0.4, -0.2) is 75.1 Å². The second-order valence-corrected chi connectivity index (χ2v) is 11.9. The highest BCUT2D eigenvalue weighted by atomic mass is 32.2. The van der Waals surface area contributed by atoms with Gasteiger partial charge in [-0.1, -0.05) is 29.5 Å². The predicted molar refractivity (Wildman–Crippen MR) is 142 cm³/mol. The van der Waals surface area contributed by atoms with Crippen molar-refractivity contribution in [3.8, 4) is 10.8 Å². The molecule has 4 rings (SSSR count). The molecule has 3 heterocycles. The van der Waals surface area contributed by atoms with Gasteiger partial charge in [0.25, 0.3) is 5.91 Å². The van der Waals surface area contributed by atoms with E-state index in [0.29, 0.717) is 20.6 Å². The first-order valence-electron chi connectivity index (χ1n) is 11.7. The Bertz CT molecular complexity index is 1410. The zero-order valence-electron chi connectivity index (χ0n) is 21.9. The van der Waals surface area contributed by atoms with Crippen LogP contribution in [0.3, 0.4) is 0 Å². The van der Waals surface area contributed by atoms with E-state index in [1.807, 2.05) is 12.1 Å². The van der Waals surface area contributed by atoms with Gasteiger partial charge >= 0.3 is 16.2 Å². The molecule has 0 atom stereocenters. The van der Waals surface area contributed by atoms with Gasteiger partial charge < -0.3 is 14.9 Å². The third kappa shape index (κ3) is 5.37. The van der Waals surface area contributed by atoms with Gasteiger partial charge in [0.05, 0.1) is 25.1 Å². The summed E-state index contributed by atoms with van der Waals surface area (Å²) in [5, 5.41) is 26.7. The molecule has 2 aromatic heterocycles. The van der Waals surface area contributed by atoms with Crippen LogP contribution in [0.1, 0.15) is 49.2 Å². The van der Waals surface area contributed by atoms with Crippen LogP contribution in [0.25, 0.3) is 5.00 Å². The number of hydrogen-bond acceptors (Lipinski definition) is 9. The van der Waals surface area contributed by atoms with Gasteiger partial charge in [0.15, 0.2) is 5.54 Å². The topological polar surface area (TPSA) is 155 Å². The number of hydrogen-bond donors (Lipinski definition) is 2. The summed E-state index contributed by atoms with van der Waals surface area (Å²) in [5.74, 6) is -1.75. The fourth-order valence-corrected chi connectivity index (χ4v) is 7.13. The number of nitrogens with zero attached hydrogens (tertiary/aromatic N) is 5. The summed E-state index contributed by atoms with van der Waals surface area (Å²) in [5.41, 5.74) is -0.676. The molecule has 0 aliphatic carbocycles. The minimum atomic E-state index is -4.54. The molecular weight excluding hydrogens is 534 g/mol. The van der Waals surface area contributed by atoms with Crippen LogP contribution in [0, 0.1) is 6.92 Å². The van der Waals surface area contributed by atoms with Crippen molar-refractivity contribution in [3.63, 3.8) is 0 Å². The smallest absolute Gasteiger partial charge is 0.330 e. The predicted octanol–water partition coefficient (Wildman–Crippen LogP) is 2.65. The molecule has 12 nitrogen and oxygen atoms in total.